The van der Waals surface area contributed by atoms with E-state index in [1.165, 1.54) is 12.1 Å². The molecule has 2 aromatic heterocycles. The fraction of sp³-hybridized carbons (Fsp3) is 0.500. The third-order valence-corrected chi connectivity index (χ3v) is 11.2. The zero-order valence-corrected chi connectivity index (χ0v) is 23.8. The predicted molar refractivity (Wildman–Crippen MR) is 141 cm³/mol. The lowest BCUT2D eigenvalue weighted by Crippen LogP contribution is -2.18. The molecule has 2 atom stereocenters. The molecule has 2 aromatic rings. The zero-order valence-electron chi connectivity index (χ0n) is 21.4. The van der Waals surface area contributed by atoms with E-state index in [1.54, 1.807) is 12.4 Å². The van der Waals surface area contributed by atoms with Crippen LogP contribution in [0.25, 0.3) is 0 Å². The molecule has 41 heavy (non-hydrogen) atoms. The highest BCUT2D eigenvalue weighted by atomic mass is 35.5. The fourth-order valence-corrected chi connectivity index (χ4v) is 8.14. The molecular formula is C24H25ClF6N6O2S2. The van der Waals surface area contributed by atoms with Crippen molar-refractivity contribution in [2.45, 2.75) is 55.6 Å². The molecule has 2 unspecified atom stereocenters. The van der Waals surface area contributed by atoms with Gasteiger partial charge in [0.2, 0.25) is 12.4 Å². The van der Waals surface area contributed by atoms with Crippen LogP contribution in [0.1, 0.15) is 48.2 Å². The molecule has 8 nitrogen and oxygen atoms in total. The van der Waals surface area contributed by atoms with Crippen molar-refractivity contribution in [1.82, 2.24) is 9.97 Å². The molecule has 0 radical (unpaired) electrons. The van der Waals surface area contributed by atoms with Crippen molar-refractivity contribution in [1.29, 1.82) is 10.5 Å². The van der Waals surface area contributed by atoms with Crippen LogP contribution in [0.2, 0.25) is 0 Å². The number of pyridine rings is 2. The molecule has 2 aliphatic heterocycles. The Hall–Kier alpha value is -2.95. The summed E-state index contributed by atoms with van der Waals surface area (Å²) in [6.45, 7) is 0. The minimum absolute atomic E-state index is 0.172. The van der Waals surface area contributed by atoms with Crippen LogP contribution in [-0.4, -0.2) is 40.9 Å². The third-order valence-electron chi connectivity index (χ3n) is 5.91. The second kappa shape index (κ2) is 14.8. The standard InChI is InChI=1S/C12H12F3N3OS.C7H5ClF3N.C5H8N2OS/c13-12(14,15)11-4-3-9(7-17-11)6-10-2-1-5-20(10,19)18-8-16;8-3-5-1-2-6(12-4-5)7(9,10)11;6-5-7-9(8)3-1-2-4-9/h3-4,7,10H,1-2,5-6H2;1-2,4H,3H2;1-4H2. The fourth-order valence-electron chi connectivity index (χ4n) is 3.86. The van der Waals surface area contributed by atoms with Gasteiger partial charge in [0.1, 0.15) is 11.4 Å². The van der Waals surface area contributed by atoms with E-state index in [1.807, 2.05) is 0 Å². The first kappa shape index (κ1) is 34.3. The number of alkyl halides is 7. The van der Waals surface area contributed by atoms with Crippen molar-refractivity contribution < 1.29 is 34.8 Å². The summed E-state index contributed by atoms with van der Waals surface area (Å²) >= 11 is 5.37. The van der Waals surface area contributed by atoms with E-state index in [4.69, 9.17) is 22.1 Å². The molecule has 224 valence electrons. The van der Waals surface area contributed by atoms with Crippen LogP contribution >= 0.6 is 11.6 Å². The van der Waals surface area contributed by atoms with Gasteiger partial charge < -0.3 is 0 Å². The summed E-state index contributed by atoms with van der Waals surface area (Å²) in [4.78, 5) is 6.58. The number of aromatic nitrogens is 2. The molecule has 2 fully saturated rings. The average Bonchev–Trinajstić information content (AvgIpc) is 3.50. The highest BCUT2D eigenvalue weighted by Gasteiger charge is 2.33. The first-order chi connectivity index (χ1) is 19.2. The number of hydrogen-bond donors (Lipinski definition) is 0. The molecule has 0 amide bonds. The Morgan fingerprint density at radius 2 is 1.34 bits per heavy atom. The summed E-state index contributed by atoms with van der Waals surface area (Å²) in [5.41, 5.74) is -0.693. The van der Waals surface area contributed by atoms with Crippen molar-refractivity contribution >= 4 is 31.1 Å². The smallest absolute Gasteiger partial charge is 0.252 e. The van der Waals surface area contributed by atoms with Gasteiger partial charge in [-0.15, -0.1) is 20.3 Å². The maximum atomic E-state index is 12.4. The van der Waals surface area contributed by atoms with Gasteiger partial charge in [-0.3, -0.25) is 9.97 Å². The zero-order chi connectivity index (χ0) is 30.7. The lowest BCUT2D eigenvalue weighted by Gasteiger charge is -2.12. The third kappa shape index (κ3) is 10.8. The molecule has 0 aromatic carbocycles. The molecule has 2 saturated heterocycles. The van der Waals surface area contributed by atoms with Crippen molar-refractivity contribution in [2.24, 2.45) is 8.73 Å². The first-order valence-electron chi connectivity index (χ1n) is 12.0. The normalized spacial score (nSPS) is 21.2. The van der Waals surface area contributed by atoms with E-state index >= 15 is 0 Å². The number of halogens is 7. The van der Waals surface area contributed by atoms with Crippen LogP contribution in [0.5, 0.6) is 0 Å². The van der Waals surface area contributed by atoms with Gasteiger partial charge in [0.25, 0.3) is 0 Å². The minimum atomic E-state index is -4.46. The highest BCUT2D eigenvalue weighted by Crippen LogP contribution is 2.29. The Bertz CT molecular complexity index is 1470. The molecule has 17 heteroatoms. The van der Waals surface area contributed by atoms with Crippen LogP contribution < -0.4 is 0 Å². The van der Waals surface area contributed by atoms with Crippen LogP contribution in [0.4, 0.5) is 26.3 Å². The molecule has 0 bridgehead atoms. The summed E-state index contributed by atoms with van der Waals surface area (Å²) in [5, 5.41) is 16.4. The quantitative estimate of drug-likeness (QED) is 0.219. The van der Waals surface area contributed by atoms with E-state index < -0.39 is 43.2 Å². The van der Waals surface area contributed by atoms with Gasteiger partial charge in [-0.05, 0) is 55.4 Å². The molecule has 0 saturated carbocycles. The SMILES string of the molecule is FC(F)(F)c1ccc(CCl)cn1.N#CN=S1(=O)CCCC1.N#CN=S1(=O)CCCC1Cc1ccc(C(F)(F)F)nc1. The summed E-state index contributed by atoms with van der Waals surface area (Å²) in [5.74, 6) is 1.80. The monoisotopic (exact) mass is 642 g/mol. The summed E-state index contributed by atoms with van der Waals surface area (Å²) in [6, 6.07) is 4.47. The summed E-state index contributed by atoms with van der Waals surface area (Å²) < 4.78 is 103. The number of nitrogens with zero attached hydrogens (tertiary/aromatic N) is 6. The predicted octanol–water partition coefficient (Wildman–Crippen LogP) is 6.32. The molecule has 0 N–H and O–H groups in total. The van der Waals surface area contributed by atoms with Crippen LogP contribution in [-0.2, 0) is 44.1 Å². The molecule has 0 spiro atoms. The molecule has 4 heterocycles. The van der Waals surface area contributed by atoms with E-state index in [9.17, 15) is 34.8 Å². The Balaban J connectivity index is 0.000000237. The maximum absolute atomic E-state index is 12.4. The van der Waals surface area contributed by atoms with Gasteiger partial charge in [-0.2, -0.15) is 36.9 Å². The van der Waals surface area contributed by atoms with E-state index in [0.717, 1.165) is 37.4 Å². The van der Waals surface area contributed by atoms with Gasteiger partial charge in [0.05, 0.1) is 19.5 Å². The van der Waals surface area contributed by atoms with Crippen molar-refractivity contribution in [2.75, 3.05) is 17.3 Å². The second-order valence-corrected chi connectivity index (χ2v) is 14.3. The Labute approximate surface area is 239 Å². The summed E-state index contributed by atoms with van der Waals surface area (Å²) in [6.07, 6.45) is 0.236. The van der Waals surface area contributed by atoms with Crippen molar-refractivity contribution in [3.63, 3.8) is 0 Å². The number of hydrogen-bond acceptors (Lipinski definition) is 8. The van der Waals surface area contributed by atoms with E-state index in [-0.39, 0.29) is 11.1 Å². The molecule has 4 rings (SSSR count). The maximum Gasteiger partial charge on any atom is 0.433 e. The summed E-state index contributed by atoms with van der Waals surface area (Å²) in [7, 11) is -4.61. The van der Waals surface area contributed by atoms with Crippen LogP contribution in [0, 0.1) is 22.9 Å². The number of rotatable bonds is 3. The van der Waals surface area contributed by atoms with Gasteiger partial charge in [-0.1, -0.05) is 12.1 Å². The largest absolute Gasteiger partial charge is 0.433 e. The van der Waals surface area contributed by atoms with Crippen LogP contribution in [0.15, 0.2) is 45.4 Å². The van der Waals surface area contributed by atoms with Gasteiger partial charge in [-0.25, -0.2) is 8.42 Å². The van der Waals surface area contributed by atoms with E-state index in [0.29, 0.717) is 47.6 Å². The van der Waals surface area contributed by atoms with Crippen LogP contribution in [0.3, 0.4) is 0 Å². The van der Waals surface area contributed by atoms with Crippen molar-refractivity contribution in [3.05, 3.63) is 59.2 Å². The molecule has 2 aliphatic rings. The highest BCUT2D eigenvalue weighted by molar-refractivity contribution is 7.94. The first-order valence-corrected chi connectivity index (χ1v) is 16.1. The number of nitriles is 2. The average molecular weight is 643 g/mol. The second-order valence-electron chi connectivity index (χ2n) is 8.87. The Morgan fingerprint density at radius 3 is 1.76 bits per heavy atom. The van der Waals surface area contributed by atoms with E-state index in [2.05, 4.69) is 18.7 Å². The van der Waals surface area contributed by atoms with Gasteiger partial charge in [0, 0.05) is 40.8 Å². The topological polar surface area (TPSA) is 132 Å². The lowest BCUT2D eigenvalue weighted by atomic mass is 10.1. The van der Waals surface area contributed by atoms with Crippen molar-refractivity contribution in [3.8, 4) is 12.4 Å². The minimum Gasteiger partial charge on any atom is -0.252 e. The Kier molecular flexibility index (Phi) is 12.4. The lowest BCUT2D eigenvalue weighted by molar-refractivity contribution is -0.142. The van der Waals surface area contributed by atoms with Gasteiger partial charge in [0.15, 0.2) is 0 Å². The Morgan fingerprint density at radius 1 is 0.829 bits per heavy atom. The molecule has 0 aliphatic carbocycles. The molecular weight excluding hydrogens is 618 g/mol. The van der Waals surface area contributed by atoms with Gasteiger partial charge >= 0.3 is 12.4 Å².